The largest absolute Gasteiger partial charge is 0.326 e. The lowest BCUT2D eigenvalue weighted by Crippen LogP contribution is -2.03. The van der Waals surface area contributed by atoms with E-state index in [-0.39, 0.29) is 12.1 Å². The maximum Gasteiger partial charge on any atom is 0.265 e. The van der Waals surface area contributed by atoms with E-state index < -0.39 is 6.43 Å². The van der Waals surface area contributed by atoms with Crippen LogP contribution in [0.3, 0.4) is 0 Å². The summed E-state index contributed by atoms with van der Waals surface area (Å²) < 4.78 is 25.0. The Balaban J connectivity index is 3.20. The van der Waals surface area contributed by atoms with Crippen molar-refractivity contribution in [3.05, 3.63) is 28.0 Å². The van der Waals surface area contributed by atoms with Crippen LogP contribution in [0.2, 0.25) is 0 Å². The van der Waals surface area contributed by atoms with Gasteiger partial charge >= 0.3 is 0 Å². The minimum absolute atomic E-state index is 0.0625. The summed E-state index contributed by atoms with van der Waals surface area (Å²) in [6.07, 6.45) is 0.174. The Morgan fingerprint density at radius 2 is 2.17 bits per heavy atom. The van der Waals surface area contributed by atoms with Gasteiger partial charge in [-0.05, 0) is 21.5 Å². The Kier molecular flexibility index (Phi) is 3.11. The van der Waals surface area contributed by atoms with Crippen molar-refractivity contribution in [2.45, 2.75) is 13.0 Å². The summed E-state index contributed by atoms with van der Waals surface area (Å²) in [6, 6.07) is 0. The molecular formula is C7H7BrF2N2. The van der Waals surface area contributed by atoms with Gasteiger partial charge in [-0.25, -0.2) is 8.78 Å². The fourth-order valence-electron chi connectivity index (χ4n) is 0.892. The SMILES string of the molecule is NCc1cncc(Br)c1C(F)F. The number of hydrogen-bond donors (Lipinski definition) is 1. The van der Waals surface area contributed by atoms with E-state index >= 15 is 0 Å². The van der Waals surface area contributed by atoms with E-state index in [1.807, 2.05) is 0 Å². The topological polar surface area (TPSA) is 38.9 Å². The molecule has 0 bridgehead atoms. The Bertz CT molecular complexity index is 278. The first-order chi connectivity index (χ1) is 5.66. The van der Waals surface area contributed by atoms with Crippen molar-refractivity contribution in [2.75, 3.05) is 0 Å². The highest BCUT2D eigenvalue weighted by Crippen LogP contribution is 2.29. The molecule has 0 aliphatic heterocycles. The zero-order valence-corrected chi connectivity index (χ0v) is 7.68. The van der Waals surface area contributed by atoms with Crippen LogP contribution in [-0.4, -0.2) is 4.98 Å². The van der Waals surface area contributed by atoms with Gasteiger partial charge < -0.3 is 5.73 Å². The van der Waals surface area contributed by atoms with Crippen molar-refractivity contribution >= 4 is 15.9 Å². The standard InChI is InChI=1S/C7H7BrF2N2/c8-5-3-12-2-4(1-11)6(5)7(9)10/h2-3,7H,1,11H2. The highest BCUT2D eigenvalue weighted by Gasteiger charge is 2.15. The van der Waals surface area contributed by atoms with Gasteiger partial charge in [0, 0.05) is 29.0 Å². The van der Waals surface area contributed by atoms with Crippen LogP contribution in [0.4, 0.5) is 8.78 Å². The molecule has 0 aliphatic rings. The third-order valence-corrected chi connectivity index (χ3v) is 2.09. The second-order valence-electron chi connectivity index (χ2n) is 2.20. The molecule has 0 radical (unpaired) electrons. The molecule has 0 spiro atoms. The molecule has 66 valence electrons. The maximum absolute atomic E-state index is 12.4. The monoisotopic (exact) mass is 236 g/mol. The lowest BCUT2D eigenvalue weighted by Gasteiger charge is -2.07. The molecule has 12 heavy (non-hydrogen) atoms. The van der Waals surface area contributed by atoms with Gasteiger partial charge in [0.15, 0.2) is 0 Å². The second-order valence-corrected chi connectivity index (χ2v) is 3.05. The molecule has 5 heteroatoms. The summed E-state index contributed by atoms with van der Waals surface area (Å²) in [5.41, 5.74) is 5.58. The van der Waals surface area contributed by atoms with Gasteiger partial charge in [0.1, 0.15) is 0 Å². The summed E-state index contributed by atoms with van der Waals surface area (Å²) in [7, 11) is 0. The Hall–Kier alpha value is -0.550. The molecular weight excluding hydrogens is 230 g/mol. The smallest absolute Gasteiger partial charge is 0.265 e. The van der Waals surface area contributed by atoms with E-state index in [4.69, 9.17) is 5.73 Å². The van der Waals surface area contributed by atoms with Gasteiger partial charge in [0.05, 0.1) is 0 Å². The number of nitrogens with zero attached hydrogens (tertiary/aromatic N) is 1. The van der Waals surface area contributed by atoms with Gasteiger partial charge in [0.2, 0.25) is 0 Å². The molecule has 0 unspecified atom stereocenters. The quantitative estimate of drug-likeness (QED) is 0.856. The van der Waals surface area contributed by atoms with E-state index in [0.717, 1.165) is 0 Å². The summed E-state index contributed by atoms with van der Waals surface area (Å²) in [5.74, 6) is 0. The predicted molar refractivity (Wildman–Crippen MR) is 44.8 cm³/mol. The molecule has 1 heterocycles. The first kappa shape index (κ1) is 9.54. The highest BCUT2D eigenvalue weighted by atomic mass is 79.9. The third kappa shape index (κ3) is 1.78. The fraction of sp³-hybridized carbons (Fsp3) is 0.286. The highest BCUT2D eigenvalue weighted by molar-refractivity contribution is 9.10. The van der Waals surface area contributed by atoms with Crippen molar-refractivity contribution in [1.82, 2.24) is 4.98 Å². The lowest BCUT2D eigenvalue weighted by molar-refractivity contribution is 0.149. The lowest BCUT2D eigenvalue weighted by atomic mass is 10.1. The van der Waals surface area contributed by atoms with Crippen molar-refractivity contribution in [2.24, 2.45) is 5.73 Å². The Labute approximate surface area is 76.9 Å². The van der Waals surface area contributed by atoms with Crippen LogP contribution < -0.4 is 5.73 Å². The minimum Gasteiger partial charge on any atom is -0.326 e. The van der Waals surface area contributed by atoms with Crippen molar-refractivity contribution in [3.8, 4) is 0 Å². The molecule has 0 amide bonds. The van der Waals surface area contributed by atoms with Crippen LogP contribution in [0.25, 0.3) is 0 Å². The fourth-order valence-corrected chi connectivity index (χ4v) is 1.44. The normalized spacial score (nSPS) is 10.8. The number of rotatable bonds is 2. The molecule has 0 aliphatic carbocycles. The molecule has 0 saturated heterocycles. The molecule has 1 aromatic rings. The molecule has 0 saturated carbocycles. The molecule has 0 aromatic carbocycles. The van der Waals surface area contributed by atoms with Crippen LogP contribution >= 0.6 is 15.9 Å². The first-order valence-electron chi connectivity index (χ1n) is 3.27. The molecule has 1 aromatic heterocycles. The van der Waals surface area contributed by atoms with E-state index in [9.17, 15) is 8.78 Å². The minimum atomic E-state index is -2.51. The second kappa shape index (κ2) is 3.91. The Morgan fingerprint density at radius 1 is 1.50 bits per heavy atom. The van der Waals surface area contributed by atoms with Gasteiger partial charge in [0.25, 0.3) is 6.43 Å². The molecule has 0 atom stereocenters. The van der Waals surface area contributed by atoms with E-state index in [0.29, 0.717) is 10.0 Å². The Morgan fingerprint density at radius 3 is 2.58 bits per heavy atom. The predicted octanol–water partition coefficient (Wildman–Crippen LogP) is 2.24. The van der Waals surface area contributed by atoms with E-state index in [1.165, 1.54) is 12.4 Å². The number of aromatic nitrogens is 1. The first-order valence-corrected chi connectivity index (χ1v) is 4.06. The molecule has 1 rings (SSSR count). The zero-order valence-electron chi connectivity index (χ0n) is 6.10. The van der Waals surface area contributed by atoms with Crippen LogP contribution in [0, 0.1) is 0 Å². The number of halogens is 3. The molecule has 2 nitrogen and oxygen atoms in total. The number of nitrogens with two attached hydrogens (primary N) is 1. The zero-order chi connectivity index (χ0) is 9.14. The maximum atomic E-state index is 12.4. The van der Waals surface area contributed by atoms with Crippen LogP contribution in [0.15, 0.2) is 16.9 Å². The summed E-state index contributed by atoms with van der Waals surface area (Å²) >= 11 is 2.99. The number of pyridine rings is 1. The average molecular weight is 237 g/mol. The summed E-state index contributed by atoms with van der Waals surface area (Å²) in [4.78, 5) is 3.74. The summed E-state index contributed by atoms with van der Waals surface area (Å²) in [6.45, 7) is 0.0755. The van der Waals surface area contributed by atoms with E-state index in [2.05, 4.69) is 20.9 Å². The van der Waals surface area contributed by atoms with Crippen LogP contribution in [-0.2, 0) is 6.54 Å². The van der Waals surface area contributed by atoms with Gasteiger partial charge in [-0.3, -0.25) is 4.98 Å². The van der Waals surface area contributed by atoms with Gasteiger partial charge in [-0.15, -0.1) is 0 Å². The average Bonchev–Trinajstić information content (AvgIpc) is 2.03. The van der Waals surface area contributed by atoms with Crippen molar-refractivity contribution < 1.29 is 8.78 Å². The van der Waals surface area contributed by atoms with E-state index in [1.54, 1.807) is 0 Å². The summed E-state index contributed by atoms with van der Waals surface area (Å²) in [5, 5.41) is 0. The van der Waals surface area contributed by atoms with Gasteiger partial charge in [-0.1, -0.05) is 0 Å². The molecule has 2 N–H and O–H groups in total. The van der Waals surface area contributed by atoms with Gasteiger partial charge in [-0.2, -0.15) is 0 Å². The van der Waals surface area contributed by atoms with Crippen molar-refractivity contribution in [1.29, 1.82) is 0 Å². The number of hydrogen-bond acceptors (Lipinski definition) is 2. The molecule has 0 fully saturated rings. The third-order valence-electron chi connectivity index (χ3n) is 1.46. The number of alkyl halides is 2. The van der Waals surface area contributed by atoms with Crippen LogP contribution in [0.5, 0.6) is 0 Å². The van der Waals surface area contributed by atoms with Crippen LogP contribution in [0.1, 0.15) is 17.6 Å². The van der Waals surface area contributed by atoms with Crippen molar-refractivity contribution in [3.63, 3.8) is 0 Å².